The molecular weight excluding hydrogens is 456 g/mol. The van der Waals surface area contributed by atoms with Crippen LogP contribution in [0.15, 0.2) is 67.0 Å². The topological polar surface area (TPSA) is 97.3 Å². The fourth-order valence-electron chi connectivity index (χ4n) is 4.29. The fraction of sp³-hybridized carbons (Fsp3) is 0.320. The van der Waals surface area contributed by atoms with Crippen LogP contribution in [0, 0.1) is 6.08 Å². The monoisotopic (exact) mass is 481 g/mol. The number of hydrogen-bond acceptors (Lipinski definition) is 7. The van der Waals surface area contributed by atoms with Crippen LogP contribution in [0.3, 0.4) is 0 Å². The van der Waals surface area contributed by atoms with Gasteiger partial charge in [-0.1, -0.05) is 60.7 Å². The van der Waals surface area contributed by atoms with Crippen LogP contribution in [0.4, 0.5) is 14.6 Å². The average Bonchev–Trinajstić information content (AvgIpc) is 3.38. The number of halogens is 2. The number of aromatic nitrogens is 4. The number of nitrogens with two attached hydrogens (primary N) is 1. The van der Waals surface area contributed by atoms with Gasteiger partial charge >= 0.3 is 6.08 Å². The highest BCUT2D eigenvalue weighted by Crippen LogP contribution is 2.42. The van der Waals surface area contributed by atoms with Crippen LogP contribution in [0.25, 0.3) is 11.2 Å². The van der Waals surface area contributed by atoms with Crippen molar-refractivity contribution in [1.29, 1.82) is 0 Å². The van der Waals surface area contributed by atoms with Crippen LogP contribution in [-0.2, 0) is 27.4 Å². The first-order valence-corrected chi connectivity index (χ1v) is 11.2. The number of anilines is 1. The summed E-state index contributed by atoms with van der Waals surface area (Å²) in [7, 11) is 0. The van der Waals surface area contributed by atoms with Gasteiger partial charge in [0.15, 0.2) is 29.4 Å². The summed E-state index contributed by atoms with van der Waals surface area (Å²) in [5.41, 5.74) is 6.70. The van der Waals surface area contributed by atoms with Crippen molar-refractivity contribution >= 4 is 17.0 Å². The Kier molecular flexibility index (Phi) is 6.42. The first kappa shape index (κ1) is 23.3. The van der Waals surface area contributed by atoms with E-state index in [4.69, 9.17) is 19.9 Å². The lowest BCUT2D eigenvalue weighted by atomic mass is 9.98. The molecule has 4 atom stereocenters. The molecular formula is C25H25F2N5O3. The van der Waals surface area contributed by atoms with E-state index in [9.17, 15) is 4.39 Å². The van der Waals surface area contributed by atoms with Gasteiger partial charge in [0.2, 0.25) is 0 Å². The molecule has 0 saturated carbocycles. The maximum absolute atomic E-state index is 16.0. The van der Waals surface area contributed by atoms with Gasteiger partial charge in [-0.15, -0.1) is 0 Å². The minimum absolute atomic E-state index is 0.0407. The van der Waals surface area contributed by atoms with E-state index in [-0.39, 0.29) is 30.2 Å². The summed E-state index contributed by atoms with van der Waals surface area (Å²) in [5, 5.41) is 0. The van der Waals surface area contributed by atoms with E-state index >= 15 is 4.39 Å². The van der Waals surface area contributed by atoms with E-state index in [2.05, 4.69) is 15.0 Å². The van der Waals surface area contributed by atoms with E-state index in [1.165, 1.54) is 10.9 Å². The lowest BCUT2D eigenvalue weighted by molar-refractivity contribution is -0.145. The SMILES string of the molecule is CC1(COCc2ccccc2)OC(n2cnc3c(N)nc(F)nc32)C(F)C1OCc1ccccc1. The van der Waals surface area contributed by atoms with Crippen LogP contribution in [-0.4, -0.2) is 44.0 Å². The number of fused-ring (bicyclic) bond motifs is 1. The summed E-state index contributed by atoms with van der Waals surface area (Å²) < 4.78 is 49.4. The zero-order valence-corrected chi connectivity index (χ0v) is 19.1. The fourth-order valence-corrected chi connectivity index (χ4v) is 4.29. The Morgan fingerprint density at radius 1 is 1.03 bits per heavy atom. The molecule has 5 rings (SSSR count). The third-order valence-electron chi connectivity index (χ3n) is 6.02. The molecule has 2 N–H and O–H groups in total. The van der Waals surface area contributed by atoms with E-state index in [0.29, 0.717) is 6.61 Å². The smallest absolute Gasteiger partial charge is 0.312 e. The standard InChI is InChI=1S/C25H25F2N5O3/c1-25(14-33-12-16-8-4-2-5-9-16)20(34-13-17-10-6-3-7-11-17)18(26)23(35-25)32-15-29-19-21(28)30-24(27)31-22(19)32/h2-11,15,18,20,23H,12-14H2,1H3,(H2,28,30,31). The first-order chi connectivity index (χ1) is 16.9. The van der Waals surface area contributed by atoms with E-state index in [0.717, 1.165) is 11.1 Å². The highest BCUT2D eigenvalue weighted by Gasteiger charge is 2.55. The number of benzene rings is 2. The molecule has 2 aromatic heterocycles. The van der Waals surface area contributed by atoms with Crippen molar-refractivity contribution in [2.24, 2.45) is 0 Å². The Labute approximate surface area is 200 Å². The zero-order chi connectivity index (χ0) is 24.4. The quantitative estimate of drug-likeness (QED) is 0.380. The Bertz CT molecular complexity index is 1290. The van der Waals surface area contributed by atoms with Crippen LogP contribution >= 0.6 is 0 Å². The number of rotatable bonds is 8. The molecule has 8 nitrogen and oxygen atoms in total. The largest absolute Gasteiger partial charge is 0.382 e. The normalized spacial score (nSPS) is 24.3. The van der Waals surface area contributed by atoms with Gasteiger partial charge in [-0.3, -0.25) is 4.57 Å². The van der Waals surface area contributed by atoms with Gasteiger partial charge in [0.25, 0.3) is 0 Å². The Hall–Kier alpha value is -3.47. The van der Waals surface area contributed by atoms with Crippen LogP contribution < -0.4 is 5.73 Å². The van der Waals surface area contributed by atoms with Crippen LogP contribution in [0.1, 0.15) is 24.3 Å². The molecule has 0 aliphatic carbocycles. The average molecular weight is 482 g/mol. The molecule has 10 heteroatoms. The molecule has 0 bridgehead atoms. The number of nitrogens with zero attached hydrogens (tertiary/aromatic N) is 4. The van der Waals surface area contributed by atoms with Crippen molar-refractivity contribution in [3.63, 3.8) is 0 Å². The van der Waals surface area contributed by atoms with Crippen molar-refractivity contribution in [2.75, 3.05) is 12.3 Å². The molecule has 1 saturated heterocycles. The Balaban J connectivity index is 1.41. The third kappa shape index (κ3) is 4.72. The highest BCUT2D eigenvalue weighted by atomic mass is 19.1. The van der Waals surface area contributed by atoms with Gasteiger partial charge in [-0.25, -0.2) is 9.37 Å². The number of nitrogen functional groups attached to an aromatic ring is 1. The molecule has 1 aliphatic rings. The minimum atomic E-state index is -1.62. The summed E-state index contributed by atoms with van der Waals surface area (Å²) in [6, 6.07) is 19.1. The summed E-state index contributed by atoms with van der Waals surface area (Å²) in [6.07, 6.45) is -3.50. The zero-order valence-electron chi connectivity index (χ0n) is 19.1. The van der Waals surface area contributed by atoms with Gasteiger partial charge in [0.1, 0.15) is 11.7 Å². The Morgan fingerprint density at radius 2 is 1.69 bits per heavy atom. The molecule has 0 spiro atoms. The van der Waals surface area contributed by atoms with Gasteiger partial charge in [0, 0.05) is 0 Å². The number of imidazole rings is 1. The summed E-state index contributed by atoms with van der Waals surface area (Å²) in [6.45, 7) is 2.32. The second-order valence-corrected chi connectivity index (χ2v) is 8.66. The summed E-state index contributed by atoms with van der Waals surface area (Å²) >= 11 is 0. The maximum Gasteiger partial charge on any atom is 0.312 e. The van der Waals surface area contributed by atoms with Crippen LogP contribution in [0.5, 0.6) is 0 Å². The molecule has 2 aromatic carbocycles. The minimum Gasteiger partial charge on any atom is -0.382 e. The van der Waals surface area contributed by atoms with Gasteiger partial charge in [0.05, 0.1) is 26.1 Å². The van der Waals surface area contributed by atoms with Crippen molar-refractivity contribution in [3.8, 4) is 0 Å². The molecule has 0 amide bonds. The molecule has 1 fully saturated rings. The van der Waals surface area contributed by atoms with E-state index in [1.54, 1.807) is 6.92 Å². The highest BCUT2D eigenvalue weighted by molar-refractivity contribution is 5.81. The first-order valence-electron chi connectivity index (χ1n) is 11.2. The molecule has 35 heavy (non-hydrogen) atoms. The summed E-state index contributed by atoms with van der Waals surface area (Å²) in [5.74, 6) is -0.134. The second kappa shape index (κ2) is 9.65. The van der Waals surface area contributed by atoms with Crippen molar-refractivity contribution < 1.29 is 23.0 Å². The van der Waals surface area contributed by atoms with Gasteiger partial charge in [-0.05, 0) is 18.1 Å². The predicted octanol–water partition coefficient (Wildman–Crippen LogP) is 3.98. The molecule has 3 heterocycles. The van der Waals surface area contributed by atoms with E-state index < -0.39 is 30.2 Å². The van der Waals surface area contributed by atoms with Crippen LogP contribution in [0.2, 0.25) is 0 Å². The second-order valence-electron chi connectivity index (χ2n) is 8.66. The van der Waals surface area contributed by atoms with E-state index in [1.807, 2.05) is 60.7 Å². The summed E-state index contributed by atoms with van der Waals surface area (Å²) in [4.78, 5) is 11.4. The number of ether oxygens (including phenoxy) is 3. The molecule has 182 valence electrons. The third-order valence-corrected chi connectivity index (χ3v) is 6.02. The maximum atomic E-state index is 16.0. The molecule has 4 unspecified atom stereocenters. The predicted molar refractivity (Wildman–Crippen MR) is 124 cm³/mol. The van der Waals surface area contributed by atoms with Crippen molar-refractivity contribution in [1.82, 2.24) is 19.5 Å². The lowest BCUT2D eigenvalue weighted by Gasteiger charge is -2.30. The van der Waals surface area contributed by atoms with Crippen molar-refractivity contribution in [3.05, 3.63) is 84.2 Å². The van der Waals surface area contributed by atoms with Gasteiger partial charge in [-0.2, -0.15) is 14.4 Å². The van der Waals surface area contributed by atoms with Gasteiger partial charge < -0.3 is 19.9 Å². The lowest BCUT2D eigenvalue weighted by Crippen LogP contribution is -2.45. The number of alkyl halides is 1. The van der Waals surface area contributed by atoms with Crippen molar-refractivity contribution in [2.45, 2.75) is 44.2 Å². The Morgan fingerprint density at radius 3 is 2.37 bits per heavy atom. The molecule has 4 aromatic rings. The molecule has 0 radical (unpaired) electrons. The molecule has 1 aliphatic heterocycles. The number of hydrogen-bond donors (Lipinski definition) is 1.